The van der Waals surface area contributed by atoms with Crippen molar-refractivity contribution < 1.29 is 24.2 Å². The number of benzene rings is 2. The van der Waals surface area contributed by atoms with Crippen LogP contribution in [0.5, 0.6) is 0 Å². The third-order valence-corrected chi connectivity index (χ3v) is 4.78. The summed E-state index contributed by atoms with van der Waals surface area (Å²) < 4.78 is 5.45. The van der Waals surface area contributed by atoms with E-state index in [4.69, 9.17) is 4.74 Å². The van der Waals surface area contributed by atoms with Crippen molar-refractivity contribution in [1.82, 2.24) is 9.80 Å². The minimum absolute atomic E-state index is 0.0720. The van der Waals surface area contributed by atoms with Crippen LogP contribution in [-0.4, -0.2) is 45.5 Å². The van der Waals surface area contributed by atoms with Gasteiger partial charge in [-0.15, -0.1) is 0 Å². The molecule has 0 aliphatic carbocycles. The fourth-order valence-corrected chi connectivity index (χ4v) is 3.38. The predicted molar refractivity (Wildman–Crippen MR) is 111 cm³/mol. The number of carboxylic acids is 1. The number of amides is 2. The fourth-order valence-electron chi connectivity index (χ4n) is 3.38. The number of carbonyl (C=O) groups is 3. The zero-order valence-corrected chi connectivity index (χ0v) is 16.9. The highest BCUT2D eigenvalue weighted by atomic mass is 16.6. The van der Waals surface area contributed by atoms with E-state index in [2.05, 4.69) is 0 Å². The summed E-state index contributed by atoms with van der Waals surface area (Å²) in [5, 5.41) is 9.33. The van der Waals surface area contributed by atoms with E-state index in [1.807, 2.05) is 36.4 Å². The number of carbonyl (C=O) groups excluding carboxylic acids is 2. The molecule has 0 radical (unpaired) electrons. The van der Waals surface area contributed by atoms with Crippen LogP contribution in [0.4, 0.5) is 4.79 Å². The highest BCUT2D eigenvalue weighted by molar-refractivity contribution is 5.98. The van der Waals surface area contributed by atoms with E-state index in [0.717, 1.165) is 5.56 Å². The molecule has 1 aliphatic rings. The Balaban J connectivity index is 1.96. The summed E-state index contributed by atoms with van der Waals surface area (Å²) in [7, 11) is 0. The maximum Gasteiger partial charge on any atom is 0.414 e. The average Bonchev–Trinajstić information content (AvgIpc) is 2.74. The van der Waals surface area contributed by atoms with Gasteiger partial charge in [0.05, 0.1) is 5.70 Å². The molecule has 0 bridgehead atoms. The number of aliphatic carboxylic acids is 1. The zero-order chi connectivity index (χ0) is 21.7. The Labute approximate surface area is 175 Å². The molecule has 30 heavy (non-hydrogen) atoms. The van der Waals surface area contributed by atoms with Gasteiger partial charge in [-0.3, -0.25) is 19.4 Å². The van der Waals surface area contributed by atoms with Gasteiger partial charge in [-0.25, -0.2) is 4.79 Å². The molecular formula is C23H24N2O5. The van der Waals surface area contributed by atoms with Gasteiger partial charge >= 0.3 is 12.1 Å². The quantitative estimate of drug-likeness (QED) is 0.790. The molecule has 0 spiro atoms. The van der Waals surface area contributed by atoms with Crippen LogP contribution < -0.4 is 0 Å². The van der Waals surface area contributed by atoms with Crippen molar-refractivity contribution in [2.24, 2.45) is 5.92 Å². The van der Waals surface area contributed by atoms with Crippen molar-refractivity contribution in [3.63, 3.8) is 0 Å². The molecule has 2 amide bonds. The first-order valence-corrected chi connectivity index (χ1v) is 9.68. The molecule has 156 valence electrons. The Morgan fingerprint density at radius 1 is 1.03 bits per heavy atom. The van der Waals surface area contributed by atoms with E-state index in [0.29, 0.717) is 11.3 Å². The van der Waals surface area contributed by atoms with Crippen molar-refractivity contribution in [2.45, 2.75) is 26.5 Å². The van der Waals surface area contributed by atoms with E-state index >= 15 is 0 Å². The second-order valence-electron chi connectivity index (χ2n) is 7.33. The first-order valence-electron chi connectivity index (χ1n) is 9.68. The largest absolute Gasteiger partial charge is 0.480 e. The molecule has 1 atom stereocenters. The molecular weight excluding hydrogens is 384 g/mol. The lowest BCUT2D eigenvalue weighted by Gasteiger charge is -2.40. The number of hydrogen-bond acceptors (Lipinski definition) is 4. The van der Waals surface area contributed by atoms with Crippen molar-refractivity contribution in [1.29, 1.82) is 0 Å². The Morgan fingerprint density at radius 3 is 2.20 bits per heavy atom. The van der Waals surface area contributed by atoms with Crippen LogP contribution in [0.1, 0.15) is 25.0 Å². The lowest BCUT2D eigenvalue weighted by Crippen LogP contribution is -2.55. The summed E-state index contributed by atoms with van der Waals surface area (Å²) in [5.41, 5.74) is 1.81. The highest BCUT2D eigenvalue weighted by Gasteiger charge is 2.41. The third kappa shape index (κ3) is 4.68. The summed E-state index contributed by atoms with van der Waals surface area (Å²) >= 11 is 0. The molecule has 0 saturated carbocycles. The molecule has 2 aromatic rings. The zero-order valence-electron chi connectivity index (χ0n) is 16.9. The lowest BCUT2D eigenvalue weighted by molar-refractivity contribution is -0.144. The van der Waals surface area contributed by atoms with Crippen LogP contribution in [0.15, 0.2) is 66.9 Å². The van der Waals surface area contributed by atoms with Crippen LogP contribution in [-0.2, 0) is 20.9 Å². The van der Waals surface area contributed by atoms with Gasteiger partial charge in [0, 0.05) is 6.20 Å². The van der Waals surface area contributed by atoms with Crippen LogP contribution in [0, 0.1) is 5.92 Å². The van der Waals surface area contributed by atoms with Crippen molar-refractivity contribution in [2.75, 3.05) is 6.54 Å². The summed E-state index contributed by atoms with van der Waals surface area (Å²) in [6.45, 7) is 3.19. The molecule has 0 saturated heterocycles. The molecule has 3 rings (SSSR count). The fraction of sp³-hybridized carbons (Fsp3) is 0.261. The van der Waals surface area contributed by atoms with E-state index < -0.39 is 30.6 Å². The van der Waals surface area contributed by atoms with Gasteiger partial charge < -0.3 is 9.84 Å². The molecule has 1 heterocycles. The van der Waals surface area contributed by atoms with Crippen molar-refractivity contribution in [3.8, 4) is 0 Å². The number of nitrogens with zero attached hydrogens (tertiary/aromatic N) is 2. The van der Waals surface area contributed by atoms with Crippen molar-refractivity contribution >= 4 is 23.7 Å². The van der Waals surface area contributed by atoms with E-state index in [1.54, 1.807) is 38.1 Å². The van der Waals surface area contributed by atoms with Gasteiger partial charge in [0.25, 0.3) is 5.91 Å². The van der Waals surface area contributed by atoms with E-state index in [1.165, 1.54) is 16.0 Å². The molecule has 1 N–H and O–H groups in total. The van der Waals surface area contributed by atoms with Crippen LogP contribution in [0.25, 0.3) is 5.70 Å². The second kappa shape index (κ2) is 9.26. The minimum atomic E-state index is -1.13. The summed E-state index contributed by atoms with van der Waals surface area (Å²) in [5.74, 6) is -1.83. The van der Waals surface area contributed by atoms with Crippen LogP contribution in [0.2, 0.25) is 0 Å². The monoisotopic (exact) mass is 408 g/mol. The smallest absolute Gasteiger partial charge is 0.414 e. The minimum Gasteiger partial charge on any atom is -0.480 e. The predicted octanol–water partition coefficient (Wildman–Crippen LogP) is 3.58. The average molecular weight is 408 g/mol. The summed E-state index contributed by atoms with van der Waals surface area (Å²) in [6, 6.07) is 17.3. The Bertz CT molecular complexity index is 941. The van der Waals surface area contributed by atoms with Gasteiger partial charge in [0.15, 0.2) is 0 Å². The van der Waals surface area contributed by atoms with Gasteiger partial charge in [-0.05, 0) is 17.0 Å². The summed E-state index contributed by atoms with van der Waals surface area (Å²) in [4.78, 5) is 40.1. The van der Waals surface area contributed by atoms with E-state index in [-0.39, 0.29) is 12.5 Å². The van der Waals surface area contributed by atoms with Gasteiger partial charge in [-0.2, -0.15) is 0 Å². The Hall–Kier alpha value is -3.61. The highest BCUT2D eigenvalue weighted by Crippen LogP contribution is 2.30. The first-order chi connectivity index (χ1) is 14.4. The first kappa shape index (κ1) is 21.1. The molecule has 7 heteroatoms. The van der Waals surface area contributed by atoms with Gasteiger partial charge in [0.2, 0.25) is 0 Å². The maximum atomic E-state index is 13.2. The van der Waals surface area contributed by atoms with E-state index in [9.17, 15) is 19.5 Å². The SMILES string of the molecule is CC(C)C1C(=O)N(CC(=O)O)C(c2ccccc2)=CN1C(=O)OCc1ccccc1. The summed E-state index contributed by atoms with van der Waals surface area (Å²) in [6.07, 6.45) is 0.854. The van der Waals surface area contributed by atoms with Gasteiger partial charge in [-0.1, -0.05) is 74.5 Å². The number of hydrogen-bond donors (Lipinski definition) is 1. The van der Waals surface area contributed by atoms with Crippen LogP contribution >= 0.6 is 0 Å². The molecule has 0 aromatic heterocycles. The lowest BCUT2D eigenvalue weighted by atomic mass is 9.97. The van der Waals surface area contributed by atoms with Gasteiger partial charge in [0.1, 0.15) is 19.2 Å². The van der Waals surface area contributed by atoms with Crippen LogP contribution in [0.3, 0.4) is 0 Å². The van der Waals surface area contributed by atoms with Crippen molar-refractivity contribution in [3.05, 3.63) is 78.0 Å². The standard InChI is InChI=1S/C23H24N2O5/c1-16(2)21-22(28)24(14-20(26)27)19(18-11-7-4-8-12-18)13-25(21)23(29)30-15-17-9-5-3-6-10-17/h3-13,16,21H,14-15H2,1-2H3,(H,26,27). The molecule has 0 fully saturated rings. The molecule has 1 aliphatic heterocycles. The maximum absolute atomic E-state index is 13.2. The number of carboxylic acid groups (broad SMARTS) is 1. The molecule has 7 nitrogen and oxygen atoms in total. The molecule has 1 unspecified atom stereocenters. The second-order valence-corrected chi connectivity index (χ2v) is 7.33. The topological polar surface area (TPSA) is 87.2 Å². The number of rotatable bonds is 6. The molecule has 2 aromatic carbocycles. The third-order valence-electron chi connectivity index (χ3n) is 4.78. The Morgan fingerprint density at radius 2 is 1.63 bits per heavy atom. The number of ether oxygens (including phenoxy) is 1. The Kier molecular flexibility index (Phi) is 6.51. The normalized spacial score (nSPS) is 16.4.